The molecule has 11 heteroatoms. The number of rotatable bonds is 7. The highest BCUT2D eigenvalue weighted by Crippen LogP contribution is 2.26. The summed E-state index contributed by atoms with van der Waals surface area (Å²) in [6.45, 7) is 1.74. The summed E-state index contributed by atoms with van der Waals surface area (Å²) < 4.78 is 0. The van der Waals surface area contributed by atoms with Crippen LogP contribution in [0.25, 0.3) is 0 Å². The number of aryl methyl sites for hydroxylation is 1. The zero-order valence-corrected chi connectivity index (χ0v) is 17.0. The van der Waals surface area contributed by atoms with Gasteiger partial charge in [-0.05, 0) is 36.8 Å². The molecule has 0 spiro atoms. The predicted molar refractivity (Wildman–Crippen MR) is 111 cm³/mol. The van der Waals surface area contributed by atoms with Crippen LogP contribution in [0.3, 0.4) is 0 Å². The molecule has 30 heavy (non-hydrogen) atoms. The molecule has 0 fully saturated rings. The van der Waals surface area contributed by atoms with E-state index in [-0.39, 0.29) is 16.3 Å². The van der Waals surface area contributed by atoms with Gasteiger partial charge in [0.05, 0.1) is 28.4 Å². The zero-order chi connectivity index (χ0) is 22.4. The second-order valence-corrected chi connectivity index (χ2v) is 7.01. The zero-order valence-electron chi connectivity index (χ0n) is 15.5. The van der Waals surface area contributed by atoms with Crippen molar-refractivity contribution in [1.82, 2.24) is 5.32 Å². The summed E-state index contributed by atoms with van der Waals surface area (Å²) in [7, 11) is 0. The lowest BCUT2D eigenvalue weighted by Crippen LogP contribution is -2.42. The van der Waals surface area contributed by atoms with Gasteiger partial charge in [0.15, 0.2) is 0 Å². The van der Waals surface area contributed by atoms with Crippen molar-refractivity contribution in [1.29, 1.82) is 0 Å². The molecule has 0 radical (unpaired) electrons. The number of anilines is 2. The molecule has 0 unspecified atom stereocenters. The predicted octanol–water partition coefficient (Wildman–Crippen LogP) is 3.60. The first kappa shape index (κ1) is 23.0. The summed E-state index contributed by atoms with van der Waals surface area (Å²) in [5.74, 6) is -3.81. The smallest absolute Gasteiger partial charge is 0.326 e. The largest absolute Gasteiger partial charge is 0.481 e. The standard InChI is InChI=1S/C19H17Cl2N3O6/c1-9-3-2-4-12(21)16(9)24-19(30)23-13-7-10(20)5-6-11(13)17(27)22-14(18(28)29)8-15(25)26/h2-7,14H,8H2,1H3,(H,22,27)(H,25,26)(H,28,29)(H2,23,24,30)/t14-/m0/s1. The number of para-hydroxylation sites is 1. The number of amides is 3. The van der Waals surface area contributed by atoms with Gasteiger partial charge in [0.2, 0.25) is 0 Å². The second-order valence-electron chi connectivity index (χ2n) is 6.16. The van der Waals surface area contributed by atoms with Crippen LogP contribution in [0, 0.1) is 6.92 Å². The van der Waals surface area contributed by atoms with Crippen molar-refractivity contribution in [2.24, 2.45) is 0 Å². The lowest BCUT2D eigenvalue weighted by Gasteiger charge is -2.16. The van der Waals surface area contributed by atoms with Crippen molar-refractivity contribution in [2.45, 2.75) is 19.4 Å². The molecule has 158 valence electrons. The Bertz CT molecular complexity index is 992. The molecule has 0 heterocycles. The Kier molecular flexibility index (Phi) is 7.62. The molecule has 2 rings (SSSR count). The summed E-state index contributed by atoms with van der Waals surface area (Å²) in [5, 5.41) is 25.6. The maximum Gasteiger partial charge on any atom is 0.326 e. The first-order valence-corrected chi connectivity index (χ1v) is 9.22. The first-order chi connectivity index (χ1) is 14.1. The fraction of sp³-hybridized carbons (Fsp3) is 0.158. The fourth-order valence-corrected chi connectivity index (χ4v) is 2.93. The number of hydrogen-bond donors (Lipinski definition) is 5. The van der Waals surface area contributed by atoms with E-state index in [2.05, 4.69) is 16.0 Å². The number of carbonyl (C=O) groups is 4. The molecule has 2 aromatic rings. The highest BCUT2D eigenvalue weighted by Gasteiger charge is 2.25. The number of urea groups is 1. The third kappa shape index (κ3) is 6.10. The van der Waals surface area contributed by atoms with Gasteiger partial charge < -0.3 is 26.2 Å². The Labute approximate surface area is 181 Å². The van der Waals surface area contributed by atoms with Crippen LogP contribution in [0.2, 0.25) is 10.0 Å². The molecule has 0 aromatic heterocycles. The van der Waals surface area contributed by atoms with Gasteiger partial charge in [-0.25, -0.2) is 9.59 Å². The van der Waals surface area contributed by atoms with Gasteiger partial charge in [0.1, 0.15) is 6.04 Å². The molecular formula is C19H17Cl2N3O6. The van der Waals surface area contributed by atoms with Crippen LogP contribution in [0.4, 0.5) is 16.2 Å². The number of carboxylic acids is 2. The number of benzene rings is 2. The molecule has 5 N–H and O–H groups in total. The van der Waals surface area contributed by atoms with E-state index in [1.807, 2.05) is 0 Å². The van der Waals surface area contributed by atoms with E-state index in [9.17, 15) is 19.2 Å². The number of halogens is 2. The van der Waals surface area contributed by atoms with Crippen molar-refractivity contribution in [2.75, 3.05) is 10.6 Å². The van der Waals surface area contributed by atoms with Gasteiger partial charge in [-0.1, -0.05) is 35.3 Å². The van der Waals surface area contributed by atoms with E-state index in [0.717, 1.165) is 0 Å². The number of hydrogen-bond acceptors (Lipinski definition) is 4. The molecule has 0 aliphatic rings. The van der Waals surface area contributed by atoms with E-state index < -0.39 is 36.3 Å². The maximum absolute atomic E-state index is 12.5. The van der Waals surface area contributed by atoms with Gasteiger partial charge in [0.25, 0.3) is 5.91 Å². The van der Waals surface area contributed by atoms with Gasteiger partial charge in [0, 0.05) is 5.02 Å². The van der Waals surface area contributed by atoms with Crippen LogP contribution >= 0.6 is 23.2 Å². The van der Waals surface area contributed by atoms with Crippen LogP contribution in [0.5, 0.6) is 0 Å². The van der Waals surface area contributed by atoms with Crippen molar-refractivity contribution in [3.05, 3.63) is 57.6 Å². The van der Waals surface area contributed by atoms with Gasteiger partial charge in [-0.15, -0.1) is 0 Å². The molecule has 3 amide bonds. The Hall–Kier alpha value is -3.30. The minimum Gasteiger partial charge on any atom is -0.481 e. The van der Waals surface area contributed by atoms with E-state index in [0.29, 0.717) is 16.3 Å². The second kappa shape index (κ2) is 9.95. The van der Waals surface area contributed by atoms with Crippen LogP contribution < -0.4 is 16.0 Å². The lowest BCUT2D eigenvalue weighted by atomic mass is 10.1. The SMILES string of the molecule is Cc1cccc(Cl)c1NC(=O)Nc1cc(Cl)ccc1C(=O)N[C@@H](CC(=O)O)C(=O)O. The molecule has 0 aliphatic carbocycles. The van der Waals surface area contributed by atoms with Crippen molar-refractivity contribution < 1.29 is 29.4 Å². The van der Waals surface area contributed by atoms with Crippen LogP contribution in [0.1, 0.15) is 22.3 Å². The third-order valence-corrected chi connectivity index (χ3v) is 4.47. The summed E-state index contributed by atoms with van der Waals surface area (Å²) in [4.78, 5) is 46.9. The molecule has 0 saturated carbocycles. The fourth-order valence-electron chi connectivity index (χ4n) is 2.49. The lowest BCUT2D eigenvalue weighted by molar-refractivity contribution is -0.145. The first-order valence-electron chi connectivity index (χ1n) is 8.46. The molecule has 9 nitrogen and oxygen atoms in total. The molecule has 0 aliphatic heterocycles. The summed E-state index contributed by atoms with van der Waals surface area (Å²) in [5.41, 5.74) is 0.959. The average Bonchev–Trinajstić information content (AvgIpc) is 2.64. The monoisotopic (exact) mass is 453 g/mol. The van der Waals surface area contributed by atoms with E-state index in [1.54, 1.807) is 25.1 Å². The van der Waals surface area contributed by atoms with Crippen LogP contribution in [-0.2, 0) is 9.59 Å². The maximum atomic E-state index is 12.5. The molecule has 0 saturated heterocycles. The Morgan fingerprint density at radius 1 is 1.03 bits per heavy atom. The van der Waals surface area contributed by atoms with Crippen molar-refractivity contribution >= 4 is 58.5 Å². The Morgan fingerprint density at radius 2 is 1.73 bits per heavy atom. The van der Waals surface area contributed by atoms with Gasteiger partial charge in [-0.2, -0.15) is 0 Å². The molecule has 0 bridgehead atoms. The number of carboxylic acid groups (broad SMARTS) is 2. The molecular weight excluding hydrogens is 437 g/mol. The number of aliphatic carboxylic acids is 2. The number of nitrogens with one attached hydrogen (secondary N) is 3. The Balaban J connectivity index is 2.24. The van der Waals surface area contributed by atoms with Gasteiger partial charge >= 0.3 is 18.0 Å². The molecule has 1 atom stereocenters. The summed E-state index contributed by atoms with van der Waals surface area (Å²) >= 11 is 12.0. The van der Waals surface area contributed by atoms with E-state index >= 15 is 0 Å². The minimum absolute atomic E-state index is 0.0123. The highest BCUT2D eigenvalue weighted by molar-refractivity contribution is 6.34. The molecule has 2 aromatic carbocycles. The van der Waals surface area contributed by atoms with Gasteiger partial charge in [-0.3, -0.25) is 9.59 Å². The normalized spacial score (nSPS) is 11.3. The number of carbonyl (C=O) groups excluding carboxylic acids is 2. The highest BCUT2D eigenvalue weighted by atomic mass is 35.5. The van der Waals surface area contributed by atoms with Crippen molar-refractivity contribution in [3.63, 3.8) is 0 Å². The van der Waals surface area contributed by atoms with Crippen LogP contribution in [-0.4, -0.2) is 40.1 Å². The van der Waals surface area contributed by atoms with Crippen LogP contribution in [0.15, 0.2) is 36.4 Å². The Morgan fingerprint density at radius 3 is 2.33 bits per heavy atom. The quantitative estimate of drug-likeness (QED) is 0.432. The van der Waals surface area contributed by atoms with E-state index in [4.69, 9.17) is 33.4 Å². The topological polar surface area (TPSA) is 145 Å². The van der Waals surface area contributed by atoms with Crippen molar-refractivity contribution in [3.8, 4) is 0 Å². The summed E-state index contributed by atoms with van der Waals surface area (Å²) in [6, 6.07) is 6.61. The summed E-state index contributed by atoms with van der Waals surface area (Å²) in [6.07, 6.45) is -0.816. The minimum atomic E-state index is -1.65. The average molecular weight is 454 g/mol. The third-order valence-electron chi connectivity index (χ3n) is 3.92. The van der Waals surface area contributed by atoms with E-state index in [1.165, 1.54) is 18.2 Å².